The van der Waals surface area contributed by atoms with Gasteiger partial charge in [-0.1, -0.05) is 35.5 Å². The van der Waals surface area contributed by atoms with Gasteiger partial charge in [0.15, 0.2) is 0 Å². The van der Waals surface area contributed by atoms with E-state index in [1.54, 1.807) is 24.3 Å². The molecule has 0 spiro atoms. The number of alkyl halides is 3. The summed E-state index contributed by atoms with van der Waals surface area (Å²) in [5, 5.41) is 17.2. The lowest BCUT2D eigenvalue weighted by atomic mass is 10.0. The van der Waals surface area contributed by atoms with E-state index in [0.29, 0.717) is 22.8 Å². The van der Waals surface area contributed by atoms with Gasteiger partial charge in [-0.05, 0) is 71.8 Å². The highest BCUT2D eigenvalue weighted by Crippen LogP contribution is 2.35. The van der Waals surface area contributed by atoms with Gasteiger partial charge in [0.25, 0.3) is 11.8 Å². The van der Waals surface area contributed by atoms with Gasteiger partial charge in [-0.25, -0.2) is 0 Å². The third-order valence-corrected chi connectivity index (χ3v) is 8.15. The number of anilines is 1. The molecule has 260 valence electrons. The lowest BCUT2D eigenvalue weighted by Gasteiger charge is -2.21. The zero-order chi connectivity index (χ0) is 36.3. The Morgan fingerprint density at radius 2 is 1.67 bits per heavy atom. The monoisotopic (exact) mass is 697 g/mol. The number of fused-ring (bicyclic) bond motifs is 1. The first kappa shape index (κ1) is 34.4. The van der Waals surface area contributed by atoms with Gasteiger partial charge in [0.2, 0.25) is 11.7 Å². The van der Waals surface area contributed by atoms with Crippen molar-refractivity contribution in [2.45, 2.75) is 19.1 Å². The number of halogens is 3. The van der Waals surface area contributed by atoms with Gasteiger partial charge in [0, 0.05) is 53.1 Å². The number of aliphatic carboxylic acids is 1. The maximum atomic E-state index is 13.6. The number of rotatable bonds is 11. The summed E-state index contributed by atoms with van der Waals surface area (Å²) in [7, 11) is 3.21. The second-order valence-electron chi connectivity index (χ2n) is 11.7. The van der Waals surface area contributed by atoms with Crippen LogP contribution in [0.4, 0.5) is 18.9 Å². The predicted octanol–water partition coefficient (Wildman–Crippen LogP) is 6.83. The van der Waals surface area contributed by atoms with E-state index in [1.807, 2.05) is 42.1 Å². The number of aromatic nitrogens is 3. The van der Waals surface area contributed by atoms with Gasteiger partial charge in [-0.3, -0.25) is 14.4 Å². The number of hydrogen-bond donors (Lipinski definition) is 2. The number of amides is 2. The number of ether oxygens (including phenoxy) is 1. The molecule has 6 rings (SSSR count). The molecule has 0 aliphatic carbocycles. The zero-order valence-corrected chi connectivity index (χ0v) is 27.3. The molecule has 0 unspecified atom stereocenters. The standard InChI is InChI=1S/C37H30F3N5O6/c1-44-16-15-26-17-27(10-14-31(26)44)35-42-34(43-51-35)23-5-3-22(4-6-23)20-45(21-33(47)48)36(49)24-7-11-28(12-8-24)41-32(46)18-25-9-13-29(50-2)19-30(25)37(38,39)40/h3-17,19H,18,20-21H2,1-2H3,(H,41,46)(H,47,48). The van der Waals surface area contributed by atoms with E-state index in [1.165, 1.54) is 43.5 Å². The molecule has 0 saturated carbocycles. The van der Waals surface area contributed by atoms with Crippen LogP contribution in [0.25, 0.3) is 33.7 Å². The number of benzene rings is 4. The van der Waals surface area contributed by atoms with Crippen LogP contribution in [-0.4, -0.2) is 56.2 Å². The quantitative estimate of drug-likeness (QED) is 0.150. The van der Waals surface area contributed by atoms with Crippen molar-refractivity contribution in [3.05, 3.63) is 119 Å². The Morgan fingerprint density at radius 3 is 2.35 bits per heavy atom. The Bertz CT molecular complexity index is 2230. The summed E-state index contributed by atoms with van der Waals surface area (Å²) in [6, 6.07) is 23.8. The fourth-order valence-corrected chi connectivity index (χ4v) is 5.57. The summed E-state index contributed by atoms with van der Waals surface area (Å²) in [6.45, 7) is -0.607. The van der Waals surface area contributed by atoms with Gasteiger partial charge in [-0.2, -0.15) is 18.2 Å². The Kier molecular flexibility index (Phi) is 9.58. The van der Waals surface area contributed by atoms with Crippen LogP contribution in [0, 0.1) is 0 Å². The number of hydrogen-bond acceptors (Lipinski definition) is 7. The lowest BCUT2D eigenvalue weighted by molar-refractivity contribution is -0.139. The van der Waals surface area contributed by atoms with Gasteiger partial charge in [-0.15, -0.1) is 0 Å². The van der Waals surface area contributed by atoms with Crippen molar-refractivity contribution in [2.24, 2.45) is 7.05 Å². The molecule has 0 saturated heterocycles. The third kappa shape index (κ3) is 7.90. The molecular formula is C37H30F3N5O6. The van der Waals surface area contributed by atoms with Gasteiger partial charge >= 0.3 is 12.1 Å². The van der Waals surface area contributed by atoms with Crippen molar-refractivity contribution in [3.63, 3.8) is 0 Å². The molecule has 14 heteroatoms. The highest BCUT2D eigenvalue weighted by atomic mass is 19.4. The molecule has 2 amide bonds. The number of carboxylic acids is 1. The number of nitrogens with one attached hydrogen (secondary N) is 1. The van der Waals surface area contributed by atoms with Crippen molar-refractivity contribution in [2.75, 3.05) is 19.0 Å². The maximum absolute atomic E-state index is 13.6. The first-order chi connectivity index (χ1) is 24.4. The van der Waals surface area contributed by atoms with Crippen molar-refractivity contribution in [1.82, 2.24) is 19.6 Å². The Labute approximate surface area is 288 Å². The Balaban J connectivity index is 1.10. The molecule has 6 aromatic rings. The van der Waals surface area contributed by atoms with Crippen LogP contribution in [0.3, 0.4) is 0 Å². The summed E-state index contributed by atoms with van der Waals surface area (Å²) >= 11 is 0. The normalized spacial score (nSPS) is 11.4. The smallest absolute Gasteiger partial charge is 0.416 e. The van der Waals surface area contributed by atoms with Crippen LogP contribution in [0.1, 0.15) is 27.0 Å². The molecule has 0 aliphatic heterocycles. The molecule has 0 aliphatic rings. The molecule has 2 N–H and O–H groups in total. The summed E-state index contributed by atoms with van der Waals surface area (Å²) in [5.41, 5.74) is 2.32. The van der Waals surface area contributed by atoms with E-state index in [-0.39, 0.29) is 29.1 Å². The van der Waals surface area contributed by atoms with Crippen LogP contribution >= 0.6 is 0 Å². The van der Waals surface area contributed by atoms with E-state index < -0.39 is 42.5 Å². The number of aryl methyl sites for hydroxylation is 1. The van der Waals surface area contributed by atoms with E-state index in [2.05, 4.69) is 15.5 Å². The van der Waals surface area contributed by atoms with E-state index in [9.17, 15) is 32.7 Å². The minimum atomic E-state index is -4.69. The minimum Gasteiger partial charge on any atom is -0.497 e. The first-order valence-electron chi connectivity index (χ1n) is 15.5. The summed E-state index contributed by atoms with van der Waals surface area (Å²) < 4.78 is 53.1. The number of methoxy groups -OCH3 is 1. The molecule has 2 heterocycles. The fourth-order valence-electron chi connectivity index (χ4n) is 5.57. The van der Waals surface area contributed by atoms with Crippen LogP contribution < -0.4 is 10.1 Å². The molecule has 11 nitrogen and oxygen atoms in total. The van der Waals surface area contributed by atoms with E-state index >= 15 is 0 Å². The molecule has 0 bridgehead atoms. The summed E-state index contributed by atoms with van der Waals surface area (Å²) in [6.07, 6.45) is -3.27. The molecule has 0 fully saturated rings. The van der Waals surface area contributed by atoms with Crippen molar-refractivity contribution in [1.29, 1.82) is 0 Å². The van der Waals surface area contributed by atoms with Crippen molar-refractivity contribution in [3.8, 4) is 28.6 Å². The van der Waals surface area contributed by atoms with Gasteiger partial charge in [0.1, 0.15) is 12.3 Å². The highest BCUT2D eigenvalue weighted by Gasteiger charge is 2.34. The van der Waals surface area contributed by atoms with Crippen LogP contribution in [0.5, 0.6) is 5.75 Å². The molecule has 0 radical (unpaired) electrons. The predicted molar refractivity (Wildman–Crippen MR) is 181 cm³/mol. The van der Waals surface area contributed by atoms with Crippen LogP contribution in [-0.2, 0) is 35.8 Å². The molecule has 4 aromatic carbocycles. The Hall–Kier alpha value is -6.44. The molecular weight excluding hydrogens is 667 g/mol. The van der Waals surface area contributed by atoms with Crippen LogP contribution in [0.15, 0.2) is 102 Å². The minimum absolute atomic E-state index is 0.0104. The summed E-state index contributed by atoms with van der Waals surface area (Å²) in [4.78, 5) is 43.3. The van der Waals surface area contributed by atoms with E-state index in [0.717, 1.165) is 27.4 Å². The second-order valence-corrected chi connectivity index (χ2v) is 11.7. The van der Waals surface area contributed by atoms with Crippen LogP contribution in [0.2, 0.25) is 0 Å². The average Bonchev–Trinajstić information content (AvgIpc) is 3.75. The second kappa shape index (κ2) is 14.2. The molecule has 0 atom stereocenters. The van der Waals surface area contributed by atoms with Gasteiger partial charge < -0.3 is 29.2 Å². The number of carboxylic acid groups (broad SMARTS) is 1. The highest BCUT2D eigenvalue weighted by molar-refractivity contribution is 5.97. The number of carbonyl (C=O) groups excluding carboxylic acids is 2. The van der Waals surface area contributed by atoms with E-state index in [4.69, 9.17) is 9.26 Å². The van der Waals surface area contributed by atoms with Crippen molar-refractivity contribution < 1.29 is 41.9 Å². The summed E-state index contributed by atoms with van der Waals surface area (Å²) in [5.74, 6) is -1.77. The molecule has 2 aromatic heterocycles. The SMILES string of the molecule is COc1ccc(CC(=O)Nc2ccc(C(=O)N(CC(=O)O)Cc3ccc(-c4noc(-c5ccc6c(ccn6C)c5)n4)cc3)cc2)c(C(F)(F)F)c1. The topological polar surface area (TPSA) is 140 Å². The van der Waals surface area contributed by atoms with Gasteiger partial charge in [0.05, 0.1) is 19.1 Å². The largest absolute Gasteiger partial charge is 0.497 e. The number of carbonyl (C=O) groups is 3. The molecule has 51 heavy (non-hydrogen) atoms. The maximum Gasteiger partial charge on any atom is 0.416 e. The lowest BCUT2D eigenvalue weighted by Crippen LogP contribution is -2.35. The Morgan fingerprint density at radius 1 is 0.941 bits per heavy atom. The average molecular weight is 698 g/mol. The van der Waals surface area contributed by atoms with Crippen molar-refractivity contribution >= 4 is 34.4 Å². The number of nitrogens with zero attached hydrogens (tertiary/aromatic N) is 4. The zero-order valence-electron chi connectivity index (χ0n) is 27.3. The third-order valence-electron chi connectivity index (χ3n) is 8.15. The first-order valence-corrected chi connectivity index (χ1v) is 15.5. The fraction of sp³-hybridized carbons (Fsp3) is 0.162.